The van der Waals surface area contributed by atoms with Gasteiger partial charge in [0.15, 0.2) is 12.4 Å². The molecule has 13 heavy (non-hydrogen) atoms. The predicted octanol–water partition coefficient (Wildman–Crippen LogP) is -3.90. The van der Waals surface area contributed by atoms with Crippen molar-refractivity contribution in [2.24, 2.45) is 0 Å². The van der Waals surface area contributed by atoms with Crippen LogP contribution in [0.2, 0.25) is 0 Å². The minimum atomic E-state index is -2.87. The fraction of sp³-hybridized carbons (Fsp3) is 1.00. The van der Waals surface area contributed by atoms with Crippen LogP contribution in [-0.2, 0) is 4.74 Å². The zero-order chi connectivity index (χ0) is 10.2. The number of hydrogen-bond acceptors (Lipinski definition) is 7. The van der Waals surface area contributed by atoms with Gasteiger partial charge in [-0.15, -0.1) is 0 Å². The van der Waals surface area contributed by atoms with Crippen LogP contribution in [0.3, 0.4) is 0 Å². The first-order valence-corrected chi connectivity index (χ1v) is 3.66. The molecule has 6 N–H and O–H groups in total. The molecule has 1 rings (SSSR count). The van der Waals surface area contributed by atoms with E-state index < -0.39 is 37.0 Å². The Hall–Kier alpha value is -0.280. The molecule has 0 saturated carbocycles. The molecule has 78 valence electrons. The first kappa shape index (κ1) is 10.8. The van der Waals surface area contributed by atoms with Crippen molar-refractivity contribution in [2.75, 3.05) is 6.61 Å². The lowest BCUT2D eigenvalue weighted by atomic mass is 9.95. The number of aliphatic hydroxyl groups is 6. The molecule has 0 aromatic rings. The molecule has 0 aromatic carbocycles. The zero-order valence-electron chi connectivity index (χ0n) is 6.61. The zero-order valence-corrected chi connectivity index (χ0v) is 6.61. The van der Waals surface area contributed by atoms with Crippen molar-refractivity contribution in [1.82, 2.24) is 0 Å². The summed E-state index contributed by atoms with van der Waals surface area (Å²) < 4.78 is 4.53. The van der Waals surface area contributed by atoms with Gasteiger partial charge in [0.2, 0.25) is 5.79 Å². The lowest BCUT2D eigenvalue weighted by Crippen LogP contribution is -2.66. The first-order valence-electron chi connectivity index (χ1n) is 3.66. The molecule has 7 heteroatoms. The van der Waals surface area contributed by atoms with Gasteiger partial charge in [0.05, 0.1) is 6.61 Å². The fourth-order valence-corrected chi connectivity index (χ4v) is 1.17. The summed E-state index contributed by atoms with van der Waals surface area (Å²) in [5.41, 5.74) is 0. The average Bonchev–Trinajstić information content (AvgIpc) is 1.99. The van der Waals surface area contributed by atoms with Crippen LogP contribution in [0.1, 0.15) is 0 Å². The molecule has 1 fully saturated rings. The van der Waals surface area contributed by atoms with Crippen LogP contribution in [0.4, 0.5) is 0 Å². The van der Waals surface area contributed by atoms with Gasteiger partial charge in [0, 0.05) is 0 Å². The van der Waals surface area contributed by atoms with Gasteiger partial charge in [-0.25, -0.2) is 0 Å². The normalized spacial score (nSPS) is 39.5. The van der Waals surface area contributed by atoms with Crippen LogP contribution in [0.5, 0.6) is 0 Å². The summed E-state index contributed by atoms with van der Waals surface area (Å²) in [5.74, 6) is -2.87. The van der Waals surface area contributed by atoms with Gasteiger partial charge in [0.1, 0.15) is 12.2 Å². The van der Waals surface area contributed by atoms with E-state index in [0.717, 1.165) is 0 Å². The van der Waals surface area contributed by atoms with Gasteiger partial charge in [-0.1, -0.05) is 0 Å². The lowest BCUT2D eigenvalue weighted by Gasteiger charge is -2.41. The van der Waals surface area contributed by atoms with Gasteiger partial charge < -0.3 is 35.4 Å². The minimum Gasteiger partial charge on any atom is -0.388 e. The smallest absolute Gasteiger partial charge is 0.224 e. The summed E-state index contributed by atoms with van der Waals surface area (Å²) in [4.78, 5) is 0. The van der Waals surface area contributed by atoms with Crippen LogP contribution in [0.25, 0.3) is 0 Å². The Morgan fingerprint density at radius 3 is 2.23 bits per heavy atom. The standard InChI is InChI=1S/C6H12O7/c7-2-1-13-4(5(9)10)6(11,12)3(2)8/h2-5,7-12H,1H2/t2-,3-,4-/m1/s1. The van der Waals surface area contributed by atoms with Crippen LogP contribution >= 0.6 is 0 Å². The highest BCUT2D eigenvalue weighted by Crippen LogP contribution is 2.25. The molecule has 0 amide bonds. The Morgan fingerprint density at radius 1 is 1.23 bits per heavy atom. The average molecular weight is 196 g/mol. The summed E-state index contributed by atoms with van der Waals surface area (Å²) >= 11 is 0. The summed E-state index contributed by atoms with van der Waals surface area (Å²) in [6.07, 6.45) is -7.26. The van der Waals surface area contributed by atoms with Gasteiger partial charge in [-0.3, -0.25) is 0 Å². The molecule has 0 spiro atoms. The third kappa shape index (κ3) is 1.81. The van der Waals surface area contributed by atoms with Gasteiger partial charge >= 0.3 is 0 Å². The first-order chi connectivity index (χ1) is 5.87. The largest absolute Gasteiger partial charge is 0.388 e. The quantitative estimate of drug-likeness (QED) is 0.236. The highest BCUT2D eigenvalue weighted by atomic mass is 16.6. The Balaban J connectivity index is 2.79. The Bertz CT molecular complexity index is 180. The van der Waals surface area contributed by atoms with Crippen molar-refractivity contribution in [2.45, 2.75) is 30.4 Å². The Labute approximate surface area is 73.4 Å². The van der Waals surface area contributed by atoms with Gasteiger partial charge in [-0.05, 0) is 0 Å². The monoisotopic (exact) mass is 196 g/mol. The fourth-order valence-electron chi connectivity index (χ4n) is 1.17. The minimum absolute atomic E-state index is 0.397. The highest BCUT2D eigenvalue weighted by Gasteiger charge is 2.52. The SMILES string of the molecule is OC(O)[C@H]1OC[C@@H](O)[C@@H](O)C1(O)O. The molecule has 1 aliphatic heterocycles. The third-order valence-electron chi connectivity index (χ3n) is 1.94. The molecule has 0 unspecified atom stereocenters. The van der Waals surface area contributed by atoms with E-state index in [1.165, 1.54) is 0 Å². The van der Waals surface area contributed by atoms with E-state index in [0.29, 0.717) is 0 Å². The number of rotatable bonds is 1. The lowest BCUT2D eigenvalue weighted by molar-refractivity contribution is -0.362. The number of hydrogen-bond donors (Lipinski definition) is 6. The summed E-state index contributed by atoms with van der Waals surface area (Å²) in [6.45, 7) is -0.397. The molecule has 0 radical (unpaired) electrons. The Kier molecular flexibility index (Phi) is 2.88. The van der Waals surface area contributed by atoms with Crippen LogP contribution < -0.4 is 0 Å². The van der Waals surface area contributed by atoms with Crippen molar-refractivity contribution in [1.29, 1.82) is 0 Å². The summed E-state index contributed by atoms with van der Waals surface area (Å²) in [5, 5.41) is 53.6. The van der Waals surface area contributed by atoms with Crippen molar-refractivity contribution in [3.05, 3.63) is 0 Å². The van der Waals surface area contributed by atoms with E-state index in [-0.39, 0.29) is 0 Å². The molecule has 0 aliphatic carbocycles. The van der Waals surface area contributed by atoms with Crippen molar-refractivity contribution in [3.63, 3.8) is 0 Å². The molecule has 0 aromatic heterocycles. The topological polar surface area (TPSA) is 131 Å². The molecular weight excluding hydrogens is 184 g/mol. The summed E-state index contributed by atoms with van der Waals surface area (Å²) in [6, 6.07) is 0. The molecule has 1 aliphatic rings. The maximum Gasteiger partial charge on any atom is 0.224 e. The molecule has 1 saturated heterocycles. The van der Waals surface area contributed by atoms with Crippen molar-refractivity contribution in [3.8, 4) is 0 Å². The second-order valence-corrected chi connectivity index (χ2v) is 2.96. The second-order valence-electron chi connectivity index (χ2n) is 2.96. The van der Waals surface area contributed by atoms with Crippen LogP contribution in [0.15, 0.2) is 0 Å². The molecule has 3 atom stereocenters. The molecule has 0 bridgehead atoms. The van der Waals surface area contributed by atoms with E-state index in [1.807, 2.05) is 0 Å². The van der Waals surface area contributed by atoms with Gasteiger partial charge in [-0.2, -0.15) is 0 Å². The van der Waals surface area contributed by atoms with E-state index in [9.17, 15) is 0 Å². The highest BCUT2D eigenvalue weighted by molar-refractivity contribution is 4.93. The van der Waals surface area contributed by atoms with Crippen molar-refractivity contribution < 1.29 is 35.4 Å². The molecular formula is C6H12O7. The van der Waals surface area contributed by atoms with E-state index in [1.54, 1.807) is 0 Å². The maximum atomic E-state index is 9.14. The Morgan fingerprint density at radius 2 is 1.77 bits per heavy atom. The van der Waals surface area contributed by atoms with Crippen LogP contribution in [0, 0.1) is 0 Å². The molecule has 1 heterocycles. The second kappa shape index (κ2) is 3.46. The van der Waals surface area contributed by atoms with E-state index >= 15 is 0 Å². The van der Waals surface area contributed by atoms with Gasteiger partial charge in [0.25, 0.3) is 0 Å². The number of ether oxygens (including phenoxy) is 1. The summed E-state index contributed by atoms with van der Waals surface area (Å²) in [7, 11) is 0. The van der Waals surface area contributed by atoms with E-state index in [4.69, 9.17) is 30.6 Å². The van der Waals surface area contributed by atoms with E-state index in [2.05, 4.69) is 4.74 Å². The number of aliphatic hydroxyl groups excluding tert-OH is 3. The predicted molar refractivity (Wildman–Crippen MR) is 37.1 cm³/mol. The van der Waals surface area contributed by atoms with Crippen LogP contribution in [-0.4, -0.2) is 67.6 Å². The van der Waals surface area contributed by atoms with Crippen molar-refractivity contribution >= 4 is 0 Å². The maximum absolute atomic E-state index is 9.14. The third-order valence-corrected chi connectivity index (χ3v) is 1.94. The molecule has 7 nitrogen and oxygen atoms in total.